The molecule has 0 amide bonds. The van der Waals surface area contributed by atoms with Crippen molar-refractivity contribution in [3.63, 3.8) is 0 Å². The molecule has 20 heavy (non-hydrogen) atoms. The number of rotatable bonds is 2. The Hall–Kier alpha value is -2.95. The van der Waals surface area contributed by atoms with Crippen LogP contribution in [-0.4, -0.2) is 21.8 Å². The van der Waals surface area contributed by atoms with Gasteiger partial charge in [0.05, 0.1) is 5.70 Å². The largest absolute Gasteiger partial charge is 0.476 e. The number of carboxylic acid groups (broad SMARTS) is 1. The maximum Gasteiger partial charge on any atom is 0.356 e. The molecule has 0 unspecified atom stereocenters. The summed E-state index contributed by atoms with van der Waals surface area (Å²) >= 11 is 0. The fourth-order valence-electron chi connectivity index (χ4n) is 2.09. The van der Waals surface area contributed by atoms with Gasteiger partial charge in [0.25, 0.3) is 0 Å². The number of carbonyl (C=O) groups is 1. The quantitative estimate of drug-likeness (QED) is 0.906. The number of aliphatic imine (C=N–C) groups is 1. The van der Waals surface area contributed by atoms with Gasteiger partial charge in [-0.25, -0.2) is 14.8 Å². The lowest BCUT2D eigenvalue weighted by Gasteiger charge is -2.29. The van der Waals surface area contributed by atoms with E-state index in [2.05, 4.69) is 16.6 Å². The molecule has 1 aromatic heterocycles. The minimum Gasteiger partial charge on any atom is -0.476 e. The van der Waals surface area contributed by atoms with Crippen LogP contribution in [0.4, 0.5) is 17.2 Å². The first-order valence-electron chi connectivity index (χ1n) is 6.00. The van der Waals surface area contributed by atoms with Crippen LogP contribution in [0.2, 0.25) is 0 Å². The van der Waals surface area contributed by atoms with Crippen LogP contribution in [-0.2, 0) is 4.79 Å². The molecule has 3 rings (SSSR count). The number of para-hydroxylation sites is 1. The Balaban J connectivity index is 2.22. The predicted molar refractivity (Wildman–Crippen MR) is 76.7 cm³/mol. The van der Waals surface area contributed by atoms with Crippen LogP contribution in [0.3, 0.4) is 0 Å². The summed E-state index contributed by atoms with van der Waals surface area (Å²) in [7, 11) is 0. The zero-order valence-corrected chi connectivity index (χ0v) is 10.5. The van der Waals surface area contributed by atoms with E-state index < -0.39 is 5.97 Å². The fourth-order valence-corrected chi connectivity index (χ4v) is 2.09. The van der Waals surface area contributed by atoms with Crippen molar-refractivity contribution in [2.24, 2.45) is 4.99 Å². The van der Waals surface area contributed by atoms with Gasteiger partial charge in [0.2, 0.25) is 0 Å². The minimum absolute atomic E-state index is 0.0747. The van der Waals surface area contributed by atoms with Crippen molar-refractivity contribution in [3.05, 3.63) is 60.9 Å². The number of benzene rings is 1. The van der Waals surface area contributed by atoms with Crippen LogP contribution in [0.25, 0.3) is 0 Å². The third-order valence-electron chi connectivity index (χ3n) is 2.97. The molecular weight excluding hydrogens is 254 g/mol. The average Bonchev–Trinajstić information content (AvgIpc) is 2.47. The van der Waals surface area contributed by atoms with Gasteiger partial charge in [0, 0.05) is 11.9 Å². The Morgan fingerprint density at radius 2 is 1.90 bits per heavy atom. The molecule has 0 saturated carbocycles. The smallest absolute Gasteiger partial charge is 0.356 e. The number of hydrogen-bond acceptors (Lipinski definition) is 4. The summed E-state index contributed by atoms with van der Waals surface area (Å²) < 4.78 is 0. The lowest BCUT2D eigenvalue weighted by atomic mass is 10.1. The maximum absolute atomic E-state index is 11.3. The van der Waals surface area contributed by atoms with E-state index in [1.54, 1.807) is 23.2 Å². The second kappa shape index (κ2) is 4.62. The number of aliphatic carboxylic acids is 1. The molecular formula is C15H11N3O2. The van der Waals surface area contributed by atoms with Gasteiger partial charge in [-0.2, -0.15) is 0 Å². The molecule has 0 aliphatic carbocycles. The third kappa shape index (κ3) is 1.85. The van der Waals surface area contributed by atoms with Gasteiger partial charge in [-0.05, 0) is 24.3 Å². The SMILES string of the molecule is C=C1C(C(=O)O)=Nc2cccnc2N1c1ccccc1. The van der Waals surface area contributed by atoms with Crippen molar-refractivity contribution >= 4 is 28.9 Å². The number of hydrogen-bond donors (Lipinski definition) is 1. The molecule has 5 heteroatoms. The number of nitrogens with zero attached hydrogens (tertiary/aromatic N) is 3. The zero-order chi connectivity index (χ0) is 14.1. The standard InChI is InChI=1S/C15H11N3O2/c1-10-13(15(19)20)17-12-8-5-9-16-14(12)18(10)11-6-3-2-4-7-11/h2-9H,1H2,(H,19,20). The molecule has 0 spiro atoms. The Kier molecular flexibility index (Phi) is 2.80. The van der Waals surface area contributed by atoms with Crippen LogP contribution in [0, 0.1) is 0 Å². The van der Waals surface area contributed by atoms with Crippen molar-refractivity contribution in [1.82, 2.24) is 4.98 Å². The Labute approximate surface area is 115 Å². The highest BCUT2D eigenvalue weighted by Crippen LogP contribution is 2.38. The molecule has 1 aliphatic heterocycles. The second-order valence-corrected chi connectivity index (χ2v) is 4.23. The number of fused-ring (bicyclic) bond motifs is 1. The summed E-state index contributed by atoms with van der Waals surface area (Å²) in [6.07, 6.45) is 1.64. The molecule has 2 aromatic rings. The van der Waals surface area contributed by atoms with E-state index in [9.17, 15) is 9.90 Å². The molecule has 0 saturated heterocycles. The Morgan fingerprint density at radius 3 is 2.60 bits per heavy atom. The van der Waals surface area contributed by atoms with E-state index >= 15 is 0 Å². The molecule has 0 atom stereocenters. The van der Waals surface area contributed by atoms with Gasteiger partial charge < -0.3 is 5.11 Å². The first kappa shape index (κ1) is 12.1. The second-order valence-electron chi connectivity index (χ2n) is 4.23. The summed E-state index contributed by atoms with van der Waals surface area (Å²) in [4.78, 5) is 21.4. The predicted octanol–water partition coefficient (Wildman–Crippen LogP) is 2.90. The average molecular weight is 265 g/mol. The maximum atomic E-state index is 11.3. The summed E-state index contributed by atoms with van der Waals surface area (Å²) in [6, 6.07) is 12.8. The van der Waals surface area contributed by atoms with E-state index in [1.165, 1.54) is 0 Å². The number of pyridine rings is 1. The first-order chi connectivity index (χ1) is 9.68. The molecule has 2 heterocycles. The molecule has 0 fully saturated rings. The number of anilines is 2. The lowest BCUT2D eigenvalue weighted by Crippen LogP contribution is -2.30. The van der Waals surface area contributed by atoms with Crippen molar-refractivity contribution in [2.75, 3.05) is 4.90 Å². The molecule has 1 aliphatic rings. The van der Waals surface area contributed by atoms with Gasteiger partial charge >= 0.3 is 5.97 Å². The van der Waals surface area contributed by atoms with Crippen molar-refractivity contribution in [1.29, 1.82) is 0 Å². The van der Waals surface area contributed by atoms with Gasteiger partial charge in [-0.15, -0.1) is 0 Å². The molecule has 0 radical (unpaired) electrons. The topological polar surface area (TPSA) is 65.8 Å². The Morgan fingerprint density at radius 1 is 1.15 bits per heavy atom. The van der Waals surface area contributed by atoms with E-state index in [0.29, 0.717) is 17.2 Å². The highest BCUT2D eigenvalue weighted by Gasteiger charge is 2.29. The van der Waals surface area contributed by atoms with Crippen molar-refractivity contribution in [2.45, 2.75) is 0 Å². The van der Waals surface area contributed by atoms with Gasteiger partial charge in [0.15, 0.2) is 11.5 Å². The van der Waals surface area contributed by atoms with E-state index in [-0.39, 0.29) is 5.71 Å². The molecule has 1 aromatic carbocycles. The molecule has 1 N–H and O–H groups in total. The zero-order valence-electron chi connectivity index (χ0n) is 10.5. The normalized spacial score (nSPS) is 13.7. The van der Waals surface area contributed by atoms with E-state index in [0.717, 1.165) is 5.69 Å². The van der Waals surface area contributed by atoms with Gasteiger partial charge in [-0.1, -0.05) is 24.8 Å². The summed E-state index contributed by atoms with van der Waals surface area (Å²) in [6.45, 7) is 3.85. The lowest BCUT2D eigenvalue weighted by molar-refractivity contribution is -0.129. The van der Waals surface area contributed by atoms with Crippen LogP contribution in [0.5, 0.6) is 0 Å². The molecule has 5 nitrogen and oxygen atoms in total. The van der Waals surface area contributed by atoms with Gasteiger partial charge in [0.1, 0.15) is 5.69 Å². The van der Waals surface area contributed by atoms with Crippen LogP contribution in [0.15, 0.2) is 65.9 Å². The van der Waals surface area contributed by atoms with Crippen LogP contribution in [0.1, 0.15) is 0 Å². The highest BCUT2D eigenvalue weighted by atomic mass is 16.4. The third-order valence-corrected chi connectivity index (χ3v) is 2.97. The van der Waals surface area contributed by atoms with E-state index in [4.69, 9.17) is 0 Å². The van der Waals surface area contributed by atoms with E-state index in [1.807, 2.05) is 30.3 Å². The van der Waals surface area contributed by atoms with Crippen LogP contribution < -0.4 is 4.90 Å². The molecule has 0 bridgehead atoms. The van der Waals surface area contributed by atoms with Gasteiger partial charge in [-0.3, -0.25) is 4.90 Å². The monoisotopic (exact) mass is 265 g/mol. The van der Waals surface area contributed by atoms with Crippen molar-refractivity contribution in [3.8, 4) is 0 Å². The summed E-state index contributed by atoms with van der Waals surface area (Å²) in [5.74, 6) is -0.529. The number of aromatic nitrogens is 1. The first-order valence-corrected chi connectivity index (χ1v) is 6.00. The summed E-state index contributed by atoms with van der Waals surface area (Å²) in [5.41, 5.74) is 1.54. The molecule has 98 valence electrons. The highest BCUT2D eigenvalue weighted by molar-refractivity contribution is 6.44. The fraction of sp³-hybridized carbons (Fsp3) is 0. The van der Waals surface area contributed by atoms with Crippen LogP contribution >= 0.6 is 0 Å². The summed E-state index contributed by atoms with van der Waals surface area (Å²) in [5, 5.41) is 9.26. The van der Waals surface area contributed by atoms with Crippen molar-refractivity contribution < 1.29 is 9.90 Å². The minimum atomic E-state index is -1.11. The Bertz CT molecular complexity index is 723. The number of carboxylic acids is 1.